The molecule has 1 saturated heterocycles. The molecule has 0 saturated carbocycles. The Morgan fingerprint density at radius 3 is 1.64 bits per heavy atom. The Hall–Kier alpha value is -2.08. The van der Waals surface area contributed by atoms with E-state index >= 15 is 0 Å². The van der Waals surface area contributed by atoms with E-state index in [4.69, 9.17) is 18.9 Å². The van der Waals surface area contributed by atoms with E-state index in [0.717, 1.165) is 51.4 Å². The van der Waals surface area contributed by atoms with Crippen molar-refractivity contribution in [2.24, 2.45) is 0 Å². The van der Waals surface area contributed by atoms with Crippen LogP contribution in [0.2, 0.25) is 0 Å². The van der Waals surface area contributed by atoms with Crippen LogP contribution in [-0.4, -0.2) is 89.0 Å². The van der Waals surface area contributed by atoms with Crippen LogP contribution in [-0.2, 0) is 28.5 Å². The molecule has 0 aromatic carbocycles. The zero-order valence-corrected chi connectivity index (χ0v) is 34.7. The number of aliphatic hydroxyl groups excluding tert-OH is 4. The minimum absolute atomic E-state index is 0.144. The second kappa shape index (κ2) is 36.3. The zero-order chi connectivity index (χ0) is 40.2. The lowest BCUT2D eigenvalue weighted by atomic mass is 9.99. The summed E-state index contributed by atoms with van der Waals surface area (Å²) < 4.78 is 22.1. The first kappa shape index (κ1) is 50.9. The van der Waals surface area contributed by atoms with Gasteiger partial charge in [-0.3, -0.25) is 9.59 Å². The van der Waals surface area contributed by atoms with Gasteiger partial charge >= 0.3 is 11.9 Å². The lowest BCUT2D eigenvalue weighted by molar-refractivity contribution is -0.305. The number of hydrogen-bond acceptors (Lipinski definition) is 10. The van der Waals surface area contributed by atoms with Crippen LogP contribution in [0.4, 0.5) is 0 Å². The quantitative estimate of drug-likeness (QED) is 0.0275. The molecule has 0 aromatic rings. The molecule has 0 radical (unpaired) electrons. The molecule has 1 fully saturated rings. The van der Waals surface area contributed by atoms with Crippen LogP contribution in [0.25, 0.3) is 0 Å². The highest BCUT2D eigenvalue weighted by molar-refractivity contribution is 5.70. The maximum Gasteiger partial charge on any atom is 0.306 e. The Bertz CT molecular complexity index is 996. The van der Waals surface area contributed by atoms with E-state index in [1.54, 1.807) is 0 Å². The molecule has 10 heteroatoms. The summed E-state index contributed by atoms with van der Waals surface area (Å²) in [5.74, 6) is -0.878. The summed E-state index contributed by atoms with van der Waals surface area (Å²) in [6.07, 6.45) is 33.0. The van der Waals surface area contributed by atoms with Crippen molar-refractivity contribution in [3.05, 3.63) is 36.5 Å². The summed E-state index contributed by atoms with van der Waals surface area (Å²) in [7, 11) is 0. The van der Waals surface area contributed by atoms with Crippen LogP contribution in [0.15, 0.2) is 36.5 Å². The van der Waals surface area contributed by atoms with E-state index in [1.807, 2.05) is 6.08 Å². The highest BCUT2D eigenvalue weighted by Gasteiger charge is 2.44. The van der Waals surface area contributed by atoms with E-state index in [2.05, 4.69) is 44.2 Å². The van der Waals surface area contributed by atoms with Gasteiger partial charge in [0.1, 0.15) is 31.0 Å². The number of ether oxygens (including phenoxy) is 4. The Balaban J connectivity index is 2.37. The van der Waals surface area contributed by atoms with E-state index in [1.165, 1.54) is 89.9 Å². The maximum atomic E-state index is 12.7. The van der Waals surface area contributed by atoms with Crippen molar-refractivity contribution >= 4 is 11.9 Å². The number of carbonyl (C=O) groups is 2. The van der Waals surface area contributed by atoms with Crippen LogP contribution in [0.5, 0.6) is 0 Å². The Morgan fingerprint density at radius 1 is 0.564 bits per heavy atom. The van der Waals surface area contributed by atoms with Gasteiger partial charge in [0.05, 0.1) is 13.2 Å². The first-order valence-electron chi connectivity index (χ1n) is 22.1. The van der Waals surface area contributed by atoms with Gasteiger partial charge < -0.3 is 39.4 Å². The van der Waals surface area contributed by atoms with Crippen molar-refractivity contribution in [3.63, 3.8) is 0 Å². The predicted octanol–water partition coefficient (Wildman–Crippen LogP) is 9.11. The van der Waals surface area contributed by atoms with Gasteiger partial charge in [0, 0.05) is 12.8 Å². The number of hydrogen-bond donors (Lipinski definition) is 4. The number of esters is 2. The molecule has 55 heavy (non-hydrogen) atoms. The number of unbranched alkanes of at least 4 members (excludes halogenated alkanes) is 19. The van der Waals surface area contributed by atoms with Crippen LogP contribution >= 0.6 is 0 Å². The van der Waals surface area contributed by atoms with Crippen molar-refractivity contribution in [1.29, 1.82) is 0 Å². The van der Waals surface area contributed by atoms with E-state index in [9.17, 15) is 30.0 Å². The number of rotatable bonds is 36. The predicted molar refractivity (Wildman–Crippen MR) is 219 cm³/mol. The minimum atomic E-state index is -1.60. The zero-order valence-electron chi connectivity index (χ0n) is 34.7. The minimum Gasteiger partial charge on any atom is -0.462 e. The Morgan fingerprint density at radius 2 is 1.05 bits per heavy atom. The van der Waals surface area contributed by atoms with Gasteiger partial charge in [-0.05, 0) is 57.8 Å². The molecular formula is C45H80O10. The van der Waals surface area contributed by atoms with Crippen molar-refractivity contribution in [1.82, 2.24) is 0 Å². The third kappa shape index (κ3) is 28.0. The van der Waals surface area contributed by atoms with Gasteiger partial charge in [0.15, 0.2) is 12.4 Å². The van der Waals surface area contributed by atoms with Gasteiger partial charge in [-0.1, -0.05) is 147 Å². The second-order valence-electron chi connectivity index (χ2n) is 15.1. The van der Waals surface area contributed by atoms with Crippen molar-refractivity contribution < 1.29 is 49.0 Å². The van der Waals surface area contributed by atoms with Crippen LogP contribution in [0, 0.1) is 0 Å². The topological polar surface area (TPSA) is 152 Å². The molecule has 0 spiro atoms. The molecule has 0 aliphatic carbocycles. The third-order valence-electron chi connectivity index (χ3n) is 10.0. The molecule has 1 heterocycles. The number of aliphatic hydroxyl groups is 4. The molecule has 6 atom stereocenters. The number of carbonyl (C=O) groups excluding carboxylic acids is 2. The molecule has 320 valence electrons. The fraction of sp³-hybridized carbons (Fsp3) is 0.822. The highest BCUT2D eigenvalue weighted by atomic mass is 16.7. The fourth-order valence-corrected chi connectivity index (χ4v) is 6.47. The van der Waals surface area contributed by atoms with E-state index < -0.39 is 55.4 Å². The molecule has 4 N–H and O–H groups in total. The van der Waals surface area contributed by atoms with Crippen molar-refractivity contribution in [3.8, 4) is 0 Å². The molecular weight excluding hydrogens is 700 g/mol. The molecule has 2 unspecified atom stereocenters. The third-order valence-corrected chi connectivity index (χ3v) is 10.0. The van der Waals surface area contributed by atoms with Crippen LogP contribution in [0.1, 0.15) is 181 Å². The second-order valence-corrected chi connectivity index (χ2v) is 15.1. The molecule has 1 aliphatic heterocycles. The average molecular weight is 781 g/mol. The molecule has 1 rings (SSSR count). The lowest BCUT2D eigenvalue weighted by Gasteiger charge is -2.39. The monoisotopic (exact) mass is 781 g/mol. The van der Waals surface area contributed by atoms with Gasteiger partial charge in [0.2, 0.25) is 0 Å². The lowest BCUT2D eigenvalue weighted by Crippen LogP contribution is -2.59. The Labute approximate surface area is 334 Å². The molecule has 1 aliphatic rings. The summed E-state index contributed by atoms with van der Waals surface area (Å²) in [5.41, 5.74) is 0. The number of allylic oxidation sites excluding steroid dienone is 6. The summed E-state index contributed by atoms with van der Waals surface area (Å²) in [6.45, 7) is 3.34. The first-order chi connectivity index (χ1) is 26.8. The molecule has 0 aromatic heterocycles. The Kier molecular flexibility index (Phi) is 33.6. The highest BCUT2D eigenvalue weighted by Crippen LogP contribution is 2.22. The maximum absolute atomic E-state index is 12.7. The van der Waals surface area contributed by atoms with Crippen molar-refractivity contribution in [2.75, 3.05) is 19.8 Å². The van der Waals surface area contributed by atoms with Gasteiger partial charge in [0.25, 0.3) is 0 Å². The average Bonchev–Trinajstić information content (AvgIpc) is 3.18. The molecule has 0 amide bonds. The smallest absolute Gasteiger partial charge is 0.306 e. The van der Waals surface area contributed by atoms with Crippen LogP contribution in [0.3, 0.4) is 0 Å². The largest absolute Gasteiger partial charge is 0.462 e. The SMILES string of the molecule is CCCCC/C=C/C/C=C/CCCCCCCC(=O)OC[C@@H](CO[C@H]1O[C@@H](CO)[C@@H](O)C(O)C1O)OC(=O)CC/C=C/CCCCCCCCCCCCC. The van der Waals surface area contributed by atoms with E-state index in [0.29, 0.717) is 12.8 Å². The van der Waals surface area contributed by atoms with Crippen molar-refractivity contribution in [2.45, 2.75) is 218 Å². The summed E-state index contributed by atoms with van der Waals surface area (Å²) in [6, 6.07) is 0. The summed E-state index contributed by atoms with van der Waals surface area (Å²) in [4.78, 5) is 25.3. The fourth-order valence-electron chi connectivity index (χ4n) is 6.47. The van der Waals surface area contributed by atoms with Gasteiger partial charge in [-0.2, -0.15) is 0 Å². The van der Waals surface area contributed by atoms with Gasteiger partial charge in [-0.15, -0.1) is 0 Å². The van der Waals surface area contributed by atoms with Crippen LogP contribution < -0.4 is 0 Å². The summed E-state index contributed by atoms with van der Waals surface area (Å²) >= 11 is 0. The van der Waals surface area contributed by atoms with E-state index in [-0.39, 0.29) is 26.1 Å². The summed E-state index contributed by atoms with van der Waals surface area (Å²) in [5, 5.41) is 40.0. The first-order valence-corrected chi connectivity index (χ1v) is 22.1. The molecule has 0 bridgehead atoms. The normalized spacial score (nSPS) is 20.9. The van der Waals surface area contributed by atoms with Gasteiger partial charge in [-0.25, -0.2) is 0 Å². The molecule has 10 nitrogen and oxygen atoms in total. The standard InChI is InChI=1S/C45H80O10/c1-3-5-7-9-11-13-15-17-19-21-23-25-27-29-31-33-40(47)52-36-38(37-53-45-44(51)43(50)42(49)39(35-46)55-45)54-41(48)34-32-30-28-26-24-22-20-18-16-14-12-10-8-6-4-2/h11,13,17,19,28,30,38-39,42-46,49-51H,3-10,12,14-16,18,20-27,29,31-37H2,1-2H3/b13-11+,19-17+,30-28+/t38-,39-,42+,43?,44?,45-/m0/s1.